The minimum absolute atomic E-state index is 0.275. The fourth-order valence-electron chi connectivity index (χ4n) is 2.03. The molecule has 5 heteroatoms. The first-order valence-electron chi connectivity index (χ1n) is 6.19. The van der Waals surface area contributed by atoms with Gasteiger partial charge in [0.2, 0.25) is 0 Å². The van der Waals surface area contributed by atoms with Crippen LogP contribution in [0.1, 0.15) is 5.56 Å². The standard InChI is InChI=1S/C15H13N3S2/c16-15(19)17-11-7-5-10(6-8-11)13-9-20-14-4-2-1-3-12(14)18-13/h1-8H,9H2,(H3,16,17,19). The molecule has 1 aliphatic rings. The second-order valence-electron chi connectivity index (χ2n) is 4.38. The molecule has 0 spiro atoms. The van der Waals surface area contributed by atoms with Crippen LogP contribution in [0.2, 0.25) is 0 Å². The first-order valence-corrected chi connectivity index (χ1v) is 7.58. The highest BCUT2D eigenvalue weighted by atomic mass is 32.2. The van der Waals surface area contributed by atoms with Crippen LogP contribution >= 0.6 is 24.0 Å². The van der Waals surface area contributed by atoms with Gasteiger partial charge < -0.3 is 11.1 Å². The molecule has 1 aliphatic heterocycles. The summed E-state index contributed by atoms with van der Waals surface area (Å²) in [7, 11) is 0. The van der Waals surface area contributed by atoms with Gasteiger partial charge in [0.25, 0.3) is 0 Å². The van der Waals surface area contributed by atoms with Gasteiger partial charge in [-0.1, -0.05) is 24.3 Å². The summed E-state index contributed by atoms with van der Waals surface area (Å²) in [4.78, 5) is 5.97. The third-order valence-corrected chi connectivity index (χ3v) is 4.15. The van der Waals surface area contributed by atoms with Gasteiger partial charge in [-0.05, 0) is 42.0 Å². The van der Waals surface area contributed by atoms with Crippen LogP contribution in [0.25, 0.3) is 0 Å². The Hall–Kier alpha value is -1.85. The molecule has 3 nitrogen and oxygen atoms in total. The molecule has 2 aromatic rings. The van der Waals surface area contributed by atoms with Crippen molar-refractivity contribution in [2.45, 2.75) is 4.90 Å². The van der Waals surface area contributed by atoms with Crippen LogP contribution in [0.15, 0.2) is 58.4 Å². The molecule has 0 aromatic heterocycles. The predicted octanol–water partition coefficient (Wildman–Crippen LogP) is 3.57. The first kappa shape index (κ1) is 13.1. The van der Waals surface area contributed by atoms with E-state index in [4.69, 9.17) is 22.9 Å². The Labute approximate surface area is 127 Å². The third-order valence-electron chi connectivity index (χ3n) is 2.97. The zero-order valence-electron chi connectivity index (χ0n) is 10.7. The van der Waals surface area contributed by atoms with Crippen LogP contribution in [0.3, 0.4) is 0 Å². The maximum absolute atomic E-state index is 5.45. The number of anilines is 1. The quantitative estimate of drug-likeness (QED) is 0.832. The molecule has 0 saturated carbocycles. The smallest absolute Gasteiger partial charge is 0.168 e. The minimum Gasteiger partial charge on any atom is -0.376 e. The van der Waals surface area contributed by atoms with E-state index in [2.05, 4.69) is 11.4 Å². The maximum atomic E-state index is 5.45. The van der Waals surface area contributed by atoms with Crippen molar-refractivity contribution in [2.75, 3.05) is 11.1 Å². The van der Waals surface area contributed by atoms with Crippen molar-refractivity contribution in [3.63, 3.8) is 0 Å². The SMILES string of the molecule is NC(=S)Nc1ccc(C2=Nc3ccccc3SC2)cc1. The van der Waals surface area contributed by atoms with Gasteiger partial charge in [-0.2, -0.15) is 0 Å². The van der Waals surface area contributed by atoms with E-state index < -0.39 is 0 Å². The molecule has 0 fully saturated rings. The first-order chi connectivity index (χ1) is 9.72. The number of nitrogens with two attached hydrogens (primary N) is 1. The van der Waals surface area contributed by atoms with Gasteiger partial charge in [0.1, 0.15) is 0 Å². The minimum atomic E-state index is 0.275. The lowest BCUT2D eigenvalue weighted by Crippen LogP contribution is -2.18. The highest BCUT2D eigenvalue weighted by molar-refractivity contribution is 8.00. The summed E-state index contributed by atoms with van der Waals surface area (Å²) in [5.74, 6) is 0.888. The lowest BCUT2D eigenvalue weighted by molar-refractivity contribution is 1.34. The number of rotatable bonds is 2. The van der Waals surface area contributed by atoms with Crippen molar-refractivity contribution in [2.24, 2.45) is 10.7 Å². The molecule has 3 rings (SSSR count). The predicted molar refractivity (Wildman–Crippen MR) is 90.2 cm³/mol. The number of aliphatic imine (C=N–C) groups is 1. The normalized spacial score (nSPS) is 13.3. The number of hydrogen-bond donors (Lipinski definition) is 2. The van der Waals surface area contributed by atoms with Crippen LogP contribution < -0.4 is 11.1 Å². The van der Waals surface area contributed by atoms with E-state index in [0.29, 0.717) is 0 Å². The van der Waals surface area contributed by atoms with Crippen LogP contribution in [-0.2, 0) is 0 Å². The summed E-state index contributed by atoms with van der Waals surface area (Å²) < 4.78 is 0. The van der Waals surface area contributed by atoms with E-state index in [-0.39, 0.29) is 5.11 Å². The fourth-order valence-corrected chi connectivity index (χ4v) is 3.11. The van der Waals surface area contributed by atoms with E-state index in [9.17, 15) is 0 Å². The molecule has 100 valence electrons. The molecular weight excluding hydrogens is 286 g/mol. The van der Waals surface area contributed by atoms with Crippen LogP contribution in [-0.4, -0.2) is 16.6 Å². The summed E-state index contributed by atoms with van der Waals surface area (Å²) in [6.07, 6.45) is 0. The highest BCUT2D eigenvalue weighted by Gasteiger charge is 2.13. The molecule has 0 bridgehead atoms. The monoisotopic (exact) mass is 299 g/mol. The van der Waals surface area contributed by atoms with Gasteiger partial charge in [-0.15, -0.1) is 11.8 Å². The van der Waals surface area contributed by atoms with E-state index in [1.807, 2.05) is 54.2 Å². The Kier molecular flexibility index (Phi) is 3.71. The molecule has 20 heavy (non-hydrogen) atoms. The van der Waals surface area contributed by atoms with Crippen molar-refractivity contribution in [3.8, 4) is 0 Å². The lowest BCUT2D eigenvalue weighted by Gasteiger charge is -2.15. The summed E-state index contributed by atoms with van der Waals surface area (Å²) >= 11 is 6.64. The van der Waals surface area contributed by atoms with Gasteiger partial charge >= 0.3 is 0 Å². The number of hydrogen-bond acceptors (Lipinski definition) is 3. The summed E-state index contributed by atoms with van der Waals surface area (Å²) in [5, 5.41) is 3.19. The third kappa shape index (κ3) is 2.84. The molecule has 0 saturated heterocycles. The van der Waals surface area contributed by atoms with Crippen molar-refractivity contribution >= 4 is 46.2 Å². The zero-order valence-corrected chi connectivity index (χ0v) is 12.3. The molecule has 2 aromatic carbocycles. The van der Waals surface area contributed by atoms with Gasteiger partial charge in [0, 0.05) is 16.3 Å². The number of para-hydroxylation sites is 1. The molecule has 0 atom stereocenters. The molecule has 3 N–H and O–H groups in total. The Morgan fingerprint density at radius 3 is 2.65 bits per heavy atom. The Balaban J connectivity index is 1.87. The Morgan fingerprint density at radius 2 is 1.90 bits per heavy atom. The van der Waals surface area contributed by atoms with Crippen molar-refractivity contribution < 1.29 is 0 Å². The second kappa shape index (κ2) is 5.64. The number of thioether (sulfide) groups is 1. The van der Waals surface area contributed by atoms with Crippen molar-refractivity contribution in [1.29, 1.82) is 0 Å². The Morgan fingerprint density at radius 1 is 1.15 bits per heavy atom. The van der Waals surface area contributed by atoms with Crippen molar-refractivity contribution in [3.05, 3.63) is 54.1 Å². The van der Waals surface area contributed by atoms with Crippen LogP contribution in [0.4, 0.5) is 11.4 Å². The molecular formula is C15H13N3S2. The number of thiocarbonyl (C=S) groups is 1. The van der Waals surface area contributed by atoms with Gasteiger partial charge in [0.15, 0.2) is 5.11 Å². The Bertz CT molecular complexity index is 678. The summed E-state index contributed by atoms with van der Waals surface area (Å²) in [5.41, 5.74) is 9.61. The summed E-state index contributed by atoms with van der Waals surface area (Å²) in [6.45, 7) is 0. The highest BCUT2D eigenvalue weighted by Crippen LogP contribution is 2.34. The van der Waals surface area contributed by atoms with Crippen LogP contribution in [0, 0.1) is 0 Å². The molecule has 0 aliphatic carbocycles. The fraction of sp³-hybridized carbons (Fsp3) is 0.0667. The van der Waals surface area contributed by atoms with Gasteiger partial charge in [-0.3, -0.25) is 4.99 Å². The van der Waals surface area contributed by atoms with E-state index in [0.717, 1.165) is 28.4 Å². The van der Waals surface area contributed by atoms with Gasteiger partial charge in [-0.25, -0.2) is 0 Å². The average Bonchev–Trinajstić information content (AvgIpc) is 2.47. The lowest BCUT2D eigenvalue weighted by atomic mass is 10.1. The summed E-state index contributed by atoms with van der Waals surface area (Å²) in [6, 6.07) is 16.2. The topological polar surface area (TPSA) is 50.4 Å². The van der Waals surface area contributed by atoms with Crippen LogP contribution in [0.5, 0.6) is 0 Å². The molecule has 0 radical (unpaired) electrons. The molecule has 1 heterocycles. The maximum Gasteiger partial charge on any atom is 0.168 e. The molecule has 0 unspecified atom stereocenters. The number of benzene rings is 2. The van der Waals surface area contributed by atoms with E-state index in [1.165, 1.54) is 4.90 Å². The number of fused-ring (bicyclic) bond motifs is 1. The number of nitrogens with one attached hydrogen (secondary N) is 1. The number of nitrogens with zero attached hydrogens (tertiary/aromatic N) is 1. The second-order valence-corrected chi connectivity index (χ2v) is 5.84. The average molecular weight is 299 g/mol. The van der Waals surface area contributed by atoms with Gasteiger partial charge in [0.05, 0.1) is 11.4 Å². The zero-order chi connectivity index (χ0) is 13.9. The molecule has 0 amide bonds. The largest absolute Gasteiger partial charge is 0.376 e. The van der Waals surface area contributed by atoms with Crippen molar-refractivity contribution in [1.82, 2.24) is 0 Å². The van der Waals surface area contributed by atoms with E-state index >= 15 is 0 Å². The van der Waals surface area contributed by atoms with E-state index in [1.54, 1.807) is 0 Å².